The van der Waals surface area contributed by atoms with Crippen molar-refractivity contribution in [2.75, 3.05) is 25.4 Å². The number of aromatic amines is 1. The van der Waals surface area contributed by atoms with Crippen LogP contribution in [0.3, 0.4) is 0 Å². The molecule has 1 aromatic rings. The predicted molar refractivity (Wildman–Crippen MR) is 68.3 cm³/mol. The minimum absolute atomic E-state index is 0.108. The van der Waals surface area contributed by atoms with Gasteiger partial charge in [0.2, 0.25) is 0 Å². The Morgan fingerprint density at radius 1 is 1.53 bits per heavy atom. The number of H-pyrrole nitrogens is 1. The third kappa shape index (κ3) is 2.86. The van der Waals surface area contributed by atoms with Gasteiger partial charge in [-0.05, 0) is 19.8 Å². The summed E-state index contributed by atoms with van der Waals surface area (Å²) in [7, 11) is 0. The molecule has 0 radical (unpaired) electrons. The lowest BCUT2D eigenvalue weighted by atomic mass is 9.97. The van der Waals surface area contributed by atoms with Crippen molar-refractivity contribution < 1.29 is 14.3 Å². The third-order valence-corrected chi connectivity index (χ3v) is 3.28. The van der Waals surface area contributed by atoms with Crippen molar-refractivity contribution in [2.45, 2.75) is 19.8 Å². The van der Waals surface area contributed by atoms with Crippen LogP contribution in [0.2, 0.25) is 0 Å². The van der Waals surface area contributed by atoms with Gasteiger partial charge in [0.15, 0.2) is 0 Å². The maximum absolute atomic E-state index is 12.1. The maximum Gasteiger partial charge on any atom is 0.309 e. The lowest BCUT2D eigenvalue weighted by Gasteiger charge is -2.30. The Morgan fingerprint density at radius 2 is 2.21 bits per heavy atom. The van der Waals surface area contributed by atoms with Crippen molar-refractivity contribution in [3.63, 3.8) is 0 Å². The molecule has 3 N–H and O–H groups in total. The predicted octanol–water partition coefficient (Wildman–Crippen LogP) is 0.407. The van der Waals surface area contributed by atoms with E-state index in [9.17, 15) is 9.59 Å². The summed E-state index contributed by atoms with van der Waals surface area (Å²) in [5.74, 6) is -0.448. The number of anilines is 1. The summed E-state index contributed by atoms with van der Waals surface area (Å²) in [5.41, 5.74) is 6.31. The van der Waals surface area contributed by atoms with Crippen LogP contribution in [0.15, 0.2) is 6.20 Å². The standard InChI is InChI=1S/C12H18N4O3/c1-2-19-12(18)8-3-5-16(6-4-8)11(17)10-9(13)7-14-15-10/h7-8H,2-6,13H2,1H3,(H,14,15). The van der Waals surface area contributed by atoms with Gasteiger partial charge in [-0.3, -0.25) is 14.7 Å². The molecule has 1 fully saturated rings. The van der Waals surface area contributed by atoms with E-state index >= 15 is 0 Å². The first kappa shape index (κ1) is 13.4. The number of carbonyl (C=O) groups excluding carboxylic acids is 2. The molecular formula is C12H18N4O3. The van der Waals surface area contributed by atoms with Gasteiger partial charge in [-0.25, -0.2) is 0 Å². The second-order valence-corrected chi connectivity index (χ2v) is 4.52. The monoisotopic (exact) mass is 266 g/mol. The number of nitrogen functional groups attached to an aromatic ring is 1. The highest BCUT2D eigenvalue weighted by Crippen LogP contribution is 2.21. The number of carbonyl (C=O) groups is 2. The Morgan fingerprint density at radius 3 is 2.74 bits per heavy atom. The molecule has 0 saturated carbocycles. The van der Waals surface area contributed by atoms with Gasteiger partial charge < -0.3 is 15.4 Å². The molecule has 7 heteroatoms. The zero-order valence-electron chi connectivity index (χ0n) is 10.9. The van der Waals surface area contributed by atoms with Crippen molar-refractivity contribution >= 4 is 17.6 Å². The topological polar surface area (TPSA) is 101 Å². The Balaban J connectivity index is 1.92. The summed E-state index contributed by atoms with van der Waals surface area (Å²) >= 11 is 0. The molecule has 19 heavy (non-hydrogen) atoms. The van der Waals surface area contributed by atoms with Crippen molar-refractivity contribution in [1.82, 2.24) is 15.1 Å². The van der Waals surface area contributed by atoms with Crippen LogP contribution >= 0.6 is 0 Å². The molecule has 1 aliphatic heterocycles. The van der Waals surface area contributed by atoms with Crippen LogP contribution in [0.25, 0.3) is 0 Å². The number of esters is 1. The summed E-state index contributed by atoms with van der Waals surface area (Å²) in [5, 5.41) is 6.33. The van der Waals surface area contributed by atoms with Crippen LogP contribution in [0, 0.1) is 5.92 Å². The summed E-state index contributed by atoms with van der Waals surface area (Å²) in [6, 6.07) is 0. The summed E-state index contributed by atoms with van der Waals surface area (Å²) in [6.45, 7) is 3.24. The van der Waals surface area contributed by atoms with Crippen molar-refractivity contribution in [3.8, 4) is 0 Å². The molecule has 0 aliphatic carbocycles. The molecule has 0 unspecified atom stereocenters. The zero-order valence-corrected chi connectivity index (χ0v) is 10.9. The van der Waals surface area contributed by atoms with E-state index in [1.54, 1.807) is 11.8 Å². The molecule has 2 rings (SSSR count). The van der Waals surface area contributed by atoms with Crippen molar-refractivity contribution in [3.05, 3.63) is 11.9 Å². The normalized spacial score (nSPS) is 16.4. The Kier molecular flexibility index (Phi) is 4.03. The zero-order chi connectivity index (χ0) is 13.8. The van der Waals surface area contributed by atoms with E-state index in [4.69, 9.17) is 10.5 Å². The van der Waals surface area contributed by atoms with Gasteiger partial charge in [0.1, 0.15) is 5.69 Å². The summed E-state index contributed by atoms with van der Waals surface area (Å²) in [6.07, 6.45) is 2.66. The number of nitrogens with one attached hydrogen (secondary N) is 1. The fourth-order valence-electron chi connectivity index (χ4n) is 2.20. The quantitative estimate of drug-likeness (QED) is 0.771. The van der Waals surface area contributed by atoms with Crippen LogP contribution in [0.5, 0.6) is 0 Å². The largest absolute Gasteiger partial charge is 0.466 e. The Hall–Kier alpha value is -2.05. The Labute approximate surface area is 111 Å². The molecule has 0 aromatic carbocycles. The highest BCUT2D eigenvalue weighted by molar-refractivity contribution is 5.97. The molecule has 0 atom stereocenters. The first-order valence-electron chi connectivity index (χ1n) is 6.38. The molecule has 0 spiro atoms. The number of hydrogen-bond donors (Lipinski definition) is 2. The lowest BCUT2D eigenvalue weighted by Crippen LogP contribution is -2.41. The van der Waals surface area contributed by atoms with E-state index in [0.29, 0.717) is 43.9 Å². The average molecular weight is 266 g/mol. The van der Waals surface area contributed by atoms with Gasteiger partial charge in [0.05, 0.1) is 24.4 Å². The molecule has 0 bridgehead atoms. The molecule has 1 aliphatic rings. The maximum atomic E-state index is 12.1. The second-order valence-electron chi connectivity index (χ2n) is 4.52. The smallest absolute Gasteiger partial charge is 0.309 e. The number of likely N-dealkylation sites (tertiary alicyclic amines) is 1. The summed E-state index contributed by atoms with van der Waals surface area (Å²) < 4.78 is 4.99. The van der Waals surface area contributed by atoms with Crippen LogP contribution in [0.1, 0.15) is 30.3 Å². The fraction of sp³-hybridized carbons (Fsp3) is 0.583. The molecular weight excluding hydrogens is 248 g/mol. The van der Waals surface area contributed by atoms with Gasteiger partial charge in [0.25, 0.3) is 5.91 Å². The highest BCUT2D eigenvalue weighted by atomic mass is 16.5. The van der Waals surface area contributed by atoms with Gasteiger partial charge >= 0.3 is 5.97 Å². The van der Waals surface area contributed by atoms with E-state index in [1.807, 2.05) is 0 Å². The molecule has 1 saturated heterocycles. The van der Waals surface area contributed by atoms with Gasteiger partial charge in [-0.2, -0.15) is 5.10 Å². The van der Waals surface area contributed by atoms with Gasteiger partial charge in [0, 0.05) is 13.1 Å². The van der Waals surface area contributed by atoms with Gasteiger partial charge in [-0.15, -0.1) is 0 Å². The molecule has 1 aromatic heterocycles. The fourth-order valence-corrected chi connectivity index (χ4v) is 2.20. The SMILES string of the molecule is CCOC(=O)C1CCN(C(=O)c2[nH]ncc2N)CC1. The van der Waals surface area contributed by atoms with E-state index < -0.39 is 0 Å². The first-order valence-corrected chi connectivity index (χ1v) is 6.38. The van der Waals surface area contributed by atoms with Crippen LogP contribution in [-0.2, 0) is 9.53 Å². The number of amides is 1. The highest BCUT2D eigenvalue weighted by Gasteiger charge is 2.29. The van der Waals surface area contributed by atoms with Crippen LogP contribution in [-0.4, -0.2) is 46.7 Å². The second kappa shape index (κ2) is 5.73. The number of hydrogen-bond acceptors (Lipinski definition) is 5. The third-order valence-electron chi connectivity index (χ3n) is 3.28. The van der Waals surface area contributed by atoms with Crippen LogP contribution < -0.4 is 5.73 Å². The lowest BCUT2D eigenvalue weighted by molar-refractivity contribution is -0.149. The summed E-state index contributed by atoms with van der Waals surface area (Å²) in [4.78, 5) is 25.4. The Bertz CT molecular complexity index is 463. The van der Waals surface area contributed by atoms with Gasteiger partial charge in [-0.1, -0.05) is 0 Å². The van der Waals surface area contributed by atoms with E-state index in [-0.39, 0.29) is 17.8 Å². The minimum Gasteiger partial charge on any atom is -0.466 e. The van der Waals surface area contributed by atoms with Crippen molar-refractivity contribution in [1.29, 1.82) is 0 Å². The number of nitrogens with two attached hydrogens (primary N) is 1. The molecule has 1 amide bonds. The molecule has 7 nitrogen and oxygen atoms in total. The van der Waals surface area contributed by atoms with Crippen molar-refractivity contribution in [2.24, 2.45) is 5.92 Å². The van der Waals surface area contributed by atoms with E-state index in [2.05, 4.69) is 10.2 Å². The van der Waals surface area contributed by atoms with E-state index in [1.165, 1.54) is 6.20 Å². The first-order chi connectivity index (χ1) is 9.13. The number of aromatic nitrogens is 2. The number of piperidine rings is 1. The number of nitrogens with zero attached hydrogens (tertiary/aromatic N) is 2. The average Bonchev–Trinajstić information content (AvgIpc) is 2.84. The van der Waals surface area contributed by atoms with Crippen LogP contribution in [0.4, 0.5) is 5.69 Å². The van der Waals surface area contributed by atoms with E-state index in [0.717, 1.165) is 0 Å². The number of ether oxygens (including phenoxy) is 1. The molecule has 2 heterocycles. The number of rotatable bonds is 3. The molecule has 104 valence electrons. The minimum atomic E-state index is -0.171.